The number of nitrogens with zero attached hydrogens (tertiary/aromatic N) is 2. The summed E-state index contributed by atoms with van der Waals surface area (Å²) >= 11 is 11.9. The third-order valence-corrected chi connectivity index (χ3v) is 7.47. The number of carbonyl (C=O) groups is 2. The molecule has 0 spiro atoms. The Balaban J connectivity index is 1.22. The van der Waals surface area contributed by atoms with Crippen LogP contribution in [0, 0.1) is 0 Å². The van der Waals surface area contributed by atoms with Crippen LogP contribution >= 0.6 is 23.2 Å². The van der Waals surface area contributed by atoms with Crippen molar-refractivity contribution in [2.24, 2.45) is 0 Å². The average molecular weight is 490 g/mol. The number of rotatable bonds is 6. The maximum Gasteiger partial charge on any atom is 0.251 e. The van der Waals surface area contributed by atoms with Crippen LogP contribution in [0.5, 0.6) is 5.75 Å². The Hall–Kier alpha value is -2.28. The SMILES string of the molecule is COc1ccc(C2CCN(C3CCN(C(=O)CNC(=O)c4ccc(Cl)c(Cl)c4)C3)CC2)cc1. The summed E-state index contributed by atoms with van der Waals surface area (Å²) in [5.41, 5.74) is 1.76. The lowest BCUT2D eigenvalue weighted by molar-refractivity contribution is -0.129. The topological polar surface area (TPSA) is 61.9 Å². The van der Waals surface area contributed by atoms with E-state index in [4.69, 9.17) is 27.9 Å². The zero-order valence-corrected chi connectivity index (χ0v) is 20.2. The molecule has 2 heterocycles. The number of carbonyl (C=O) groups excluding carboxylic acids is 2. The molecule has 2 aliphatic rings. The van der Waals surface area contributed by atoms with Crippen LogP contribution in [-0.4, -0.2) is 67.5 Å². The lowest BCUT2D eigenvalue weighted by atomic mass is 9.89. The van der Waals surface area contributed by atoms with Crippen LogP contribution in [-0.2, 0) is 4.79 Å². The van der Waals surface area contributed by atoms with E-state index in [1.165, 1.54) is 11.6 Å². The van der Waals surface area contributed by atoms with Crippen molar-refractivity contribution in [2.75, 3.05) is 39.8 Å². The van der Waals surface area contributed by atoms with Gasteiger partial charge in [-0.1, -0.05) is 35.3 Å². The minimum absolute atomic E-state index is 0.0225. The molecular formula is C25H29Cl2N3O3. The second kappa shape index (κ2) is 10.8. The van der Waals surface area contributed by atoms with Gasteiger partial charge >= 0.3 is 0 Å². The summed E-state index contributed by atoms with van der Waals surface area (Å²) in [7, 11) is 1.69. The molecule has 4 rings (SSSR count). The molecule has 33 heavy (non-hydrogen) atoms. The highest BCUT2D eigenvalue weighted by Gasteiger charge is 2.32. The van der Waals surface area contributed by atoms with Gasteiger partial charge in [-0.05, 0) is 74.2 Å². The highest BCUT2D eigenvalue weighted by molar-refractivity contribution is 6.42. The second-order valence-corrected chi connectivity index (χ2v) is 9.49. The highest BCUT2D eigenvalue weighted by atomic mass is 35.5. The van der Waals surface area contributed by atoms with Gasteiger partial charge in [0.25, 0.3) is 5.91 Å². The molecule has 2 aliphatic heterocycles. The first-order valence-corrected chi connectivity index (χ1v) is 12.1. The van der Waals surface area contributed by atoms with Crippen molar-refractivity contribution >= 4 is 35.0 Å². The third-order valence-electron chi connectivity index (χ3n) is 6.73. The molecule has 0 bridgehead atoms. The molecule has 2 aromatic carbocycles. The largest absolute Gasteiger partial charge is 0.497 e. The summed E-state index contributed by atoms with van der Waals surface area (Å²) in [6, 6.07) is 13.5. The molecule has 1 unspecified atom stereocenters. The molecule has 1 N–H and O–H groups in total. The first kappa shape index (κ1) is 23.9. The van der Waals surface area contributed by atoms with Gasteiger partial charge in [0.15, 0.2) is 0 Å². The van der Waals surface area contributed by atoms with E-state index in [0.29, 0.717) is 34.1 Å². The van der Waals surface area contributed by atoms with Crippen molar-refractivity contribution in [2.45, 2.75) is 31.2 Å². The van der Waals surface area contributed by atoms with Crippen LogP contribution in [0.15, 0.2) is 42.5 Å². The number of piperidine rings is 1. The quantitative estimate of drug-likeness (QED) is 0.659. The smallest absolute Gasteiger partial charge is 0.251 e. The standard InChI is InChI=1S/C25H29Cl2N3O3/c1-33-21-5-2-17(3-6-21)18-8-11-29(12-9-18)20-10-13-30(16-20)24(31)15-28-25(32)19-4-7-22(26)23(27)14-19/h2-7,14,18,20H,8-13,15-16H2,1H3,(H,28,32). The molecule has 2 fully saturated rings. The molecule has 2 amide bonds. The van der Waals surface area contributed by atoms with Crippen LogP contribution < -0.4 is 10.1 Å². The first-order chi connectivity index (χ1) is 15.9. The Bertz CT molecular complexity index is 991. The molecule has 2 aromatic rings. The fraction of sp³-hybridized carbons (Fsp3) is 0.440. The predicted octanol–water partition coefficient (Wildman–Crippen LogP) is 4.21. The van der Waals surface area contributed by atoms with E-state index in [-0.39, 0.29) is 18.4 Å². The number of ether oxygens (including phenoxy) is 1. The first-order valence-electron chi connectivity index (χ1n) is 11.3. The van der Waals surface area contributed by atoms with Crippen molar-refractivity contribution in [3.8, 4) is 5.75 Å². The Labute approximate surface area is 204 Å². The Morgan fingerprint density at radius 2 is 1.73 bits per heavy atom. The zero-order valence-electron chi connectivity index (χ0n) is 18.7. The maximum atomic E-state index is 12.7. The maximum absolute atomic E-state index is 12.7. The van der Waals surface area contributed by atoms with E-state index in [0.717, 1.165) is 44.6 Å². The van der Waals surface area contributed by atoms with E-state index in [2.05, 4.69) is 22.3 Å². The Morgan fingerprint density at radius 3 is 2.39 bits per heavy atom. The molecule has 0 saturated carbocycles. The number of amides is 2. The van der Waals surface area contributed by atoms with E-state index in [9.17, 15) is 9.59 Å². The summed E-state index contributed by atoms with van der Waals surface area (Å²) in [4.78, 5) is 29.4. The molecule has 0 aromatic heterocycles. The fourth-order valence-electron chi connectivity index (χ4n) is 4.75. The summed E-state index contributed by atoms with van der Waals surface area (Å²) < 4.78 is 5.26. The minimum Gasteiger partial charge on any atom is -0.497 e. The van der Waals surface area contributed by atoms with Crippen LogP contribution in [0.2, 0.25) is 10.0 Å². The summed E-state index contributed by atoms with van der Waals surface area (Å²) in [5.74, 6) is 1.07. The van der Waals surface area contributed by atoms with E-state index < -0.39 is 0 Å². The van der Waals surface area contributed by atoms with Crippen molar-refractivity contribution in [3.05, 3.63) is 63.6 Å². The third kappa shape index (κ3) is 5.81. The van der Waals surface area contributed by atoms with Gasteiger partial charge in [-0.2, -0.15) is 0 Å². The predicted molar refractivity (Wildman–Crippen MR) is 130 cm³/mol. The fourth-order valence-corrected chi connectivity index (χ4v) is 5.05. The number of methoxy groups -OCH3 is 1. The van der Waals surface area contributed by atoms with Gasteiger partial charge < -0.3 is 15.0 Å². The molecule has 0 radical (unpaired) electrons. The number of halogens is 2. The zero-order chi connectivity index (χ0) is 23.4. The number of nitrogens with one attached hydrogen (secondary N) is 1. The van der Waals surface area contributed by atoms with Crippen molar-refractivity contribution < 1.29 is 14.3 Å². The van der Waals surface area contributed by atoms with Crippen molar-refractivity contribution in [1.29, 1.82) is 0 Å². The molecule has 8 heteroatoms. The average Bonchev–Trinajstić information content (AvgIpc) is 3.35. The molecule has 2 saturated heterocycles. The van der Waals surface area contributed by atoms with Gasteiger partial charge in [-0.25, -0.2) is 0 Å². The van der Waals surface area contributed by atoms with Gasteiger partial charge in [-0.15, -0.1) is 0 Å². The summed E-state index contributed by atoms with van der Waals surface area (Å²) in [5, 5.41) is 3.40. The molecule has 1 atom stereocenters. The van der Waals surface area contributed by atoms with Gasteiger partial charge in [0, 0.05) is 24.7 Å². The van der Waals surface area contributed by atoms with E-state index >= 15 is 0 Å². The summed E-state index contributed by atoms with van der Waals surface area (Å²) in [6.07, 6.45) is 3.21. The van der Waals surface area contributed by atoms with Crippen LogP contribution in [0.4, 0.5) is 0 Å². The van der Waals surface area contributed by atoms with Crippen molar-refractivity contribution in [3.63, 3.8) is 0 Å². The van der Waals surface area contributed by atoms with Crippen LogP contribution in [0.25, 0.3) is 0 Å². The summed E-state index contributed by atoms with van der Waals surface area (Å²) in [6.45, 7) is 3.50. The Kier molecular flexibility index (Phi) is 7.78. The van der Waals surface area contributed by atoms with Gasteiger partial charge in [0.05, 0.1) is 23.7 Å². The number of likely N-dealkylation sites (tertiary alicyclic amines) is 2. The van der Waals surface area contributed by atoms with Crippen LogP contribution in [0.1, 0.15) is 41.1 Å². The molecule has 6 nitrogen and oxygen atoms in total. The number of hydrogen-bond acceptors (Lipinski definition) is 4. The number of benzene rings is 2. The monoisotopic (exact) mass is 489 g/mol. The second-order valence-electron chi connectivity index (χ2n) is 8.68. The van der Waals surface area contributed by atoms with E-state index in [1.54, 1.807) is 19.2 Å². The van der Waals surface area contributed by atoms with Gasteiger partial charge in [0.1, 0.15) is 5.75 Å². The normalized spacial score (nSPS) is 19.5. The van der Waals surface area contributed by atoms with Crippen LogP contribution in [0.3, 0.4) is 0 Å². The lowest BCUT2D eigenvalue weighted by Crippen LogP contribution is -2.44. The minimum atomic E-state index is -0.335. The Morgan fingerprint density at radius 1 is 1.00 bits per heavy atom. The number of hydrogen-bond donors (Lipinski definition) is 1. The molecule has 0 aliphatic carbocycles. The molecule has 176 valence electrons. The van der Waals surface area contributed by atoms with Gasteiger partial charge in [0.2, 0.25) is 5.91 Å². The van der Waals surface area contributed by atoms with E-state index in [1.807, 2.05) is 17.0 Å². The highest BCUT2D eigenvalue weighted by Crippen LogP contribution is 2.31. The molecular weight excluding hydrogens is 461 g/mol. The van der Waals surface area contributed by atoms with Gasteiger partial charge in [-0.3, -0.25) is 14.5 Å². The lowest BCUT2D eigenvalue weighted by Gasteiger charge is -2.36. The van der Waals surface area contributed by atoms with Crippen molar-refractivity contribution in [1.82, 2.24) is 15.1 Å².